The third-order valence-electron chi connectivity index (χ3n) is 10.6. The molecule has 10 rings (SSSR count). The fourth-order valence-corrected chi connectivity index (χ4v) is 8.59. The van der Waals surface area contributed by atoms with Crippen LogP contribution >= 0.6 is 0 Å². The number of rotatable bonds is 3. The summed E-state index contributed by atoms with van der Waals surface area (Å²) in [7, 11) is 0. The average Bonchev–Trinajstić information content (AvgIpc) is 3.50. The lowest BCUT2D eigenvalue weighted by Crippen LogP contribution is -2.23. The molecule has 1 aromatic heterocycles. The monoisotopic (exact) mass is 611 g/mol. The molecule has 0 aliphatic heterocycles. The first kappa shape index (κ1) is 27.2. The molecule has 48 heavy (non-hydrogen) atoms. The van der Waals surface area contributed by atoms with Crippen molar-refractivity contribution in [2.24, 2.45) is 5.92 Å². The van der Waals surface area contributed by atoms with Gasteiger partial charge in [-0.1, -0.05) is 151 Å². The van der Waals surface area contributed by atoms with Gasteiger partial charge in [-0.3, -0.25) is 0 Å². The molecule has 0 fully saturated rings. The van der Waals surface area contributed by atoms with E-state index in [2.05, 4.69) is 181 Å². The van der Waals surface area contributed by atoms with Gasteiger partial charge in [0.05, 0.1) is 11.0 Å². The number of benzene rings is 7. The minimum absolute atomic E-state index is 0.278. The lowest BCUT2D eigenvalue weighted by molar-refractivity contribution is 0.648. The Morgan fingerprint density at radius 2 is 1.21 bits per heavy atom. The molecule has 0 saturated carbocycles. The first-order valence-electron chi connectivity index (χ1n) is 16.9. The highest BCUT2D eigenvalue weighted by Gasteiger charge is 2.35. The lowest BCUT2D eigenvalue weighted by Gasteiger charge is -2.37. The van der Waals surface area contributed by atoms with Crippen molar-refractivity contribution in [2.75, 3.05) is 0 Å². The third-order valence-corrected chi connectivity index (χ3v) is 10.6. The summed E-state index contributed by atoms with van der Waals surface area (Å²) in [5.74, 6) is 0.558. The number of nitrogens with zero attached hydrogens (tertiary/aromatic N) is 1. The van der Waals surface area contributed by atoms with E-state index in [9.17, 15) is 0 Å². The number of fused-ring (bicyclic) bond motifs is 9. The third kappa shape index (κ3) is 3.98. The summed E-state index contributed by atoms with van der Waals surface area (Å²) in [4.78, 5) is 0. The quantitative estimate of drug-likeness (QED) is 0.187. The van der Waals surface area contributed by atoms with Crippen molar-refractivity contribution < 1.29 is 0 Å². The van der Waals surface area contributed by atoms with Crippen LogP contribution in [0.5, 0.6) is 0 Å². The van der Waals surface area contributed by atoms with Crippen molar-refractivity contribution in [1.82, 2.24) is 4.57 Å². The van der Waals surface area contributed by atoms with Crippen LogP contribution in [0.3, 0.4) is 0 Å². The Balaban J connectivity index is 1.19. The standard InChI is InChI=1S/C47H33N/c1-30-19-26-40-41(29-30)45(33-13-3-2-4-14-33)39-18-10-9-17-38(39)44(40)34-20-24-35(25-21-34)48-42-27-22-31-11-5-7-15-36(31)46(42)47-37-16-8-6-12-32(37)23-28-43(47)48/h2-29,39,45H,1H3. The van der Waals surface area contributed by atoms with Crippen LogP contribution in [-0.4, -0.2) is 4.57 Å². The normalized spacial score (nSPS) is 17.0. The first-order chi connectivity index (χ1) is 23.7. The van der Waals surface area contributed by atoms with Gasteiger partial charge in [0.15, 0.2) is 0 Å². The largest absolute Gasteiger partial charge is 0.309 e. The second-order valence-electron chi connectivity index (χ2n) is 13.3. The molecule has 2 aliphatic rings. The van der Waals surface area contributed by atoms with Gasteiger partial charge in [-0.2, -0.15) is 0 Å². The fraction of sp³-hybridized carbons (Fsp3) is 0.0638. The number of aryl methyl sites for hydroxylation is 1. The topological polar surface area (TPSA) is 4.93 Å². The van der Waals surface area contributed by atoms with E-state index in [0.29, 0.717) is 0 Å². The van der Waals surface area contributed by atoms with Crippen LogP contribution in [0, 0.1) is 12.8 Å². The number of hydrogen-bond acceptors (Lipinski definition) is 0. The van der Waals surface area contributed by atoms with Gasteiger partial charge in [0.2, 0.25) is 0 Å². The zero-order chi connectivity index (χ0) is 31.8. The average molecular weight is 612 g/mol. The molecule has 1 heteroatoms. The van der Waals surface area contributed by atoms with Gasteiger partial charge in [0, 0.05) is 28.3 Å². The van der Waals surface area contributed by atoms with Gasteiger partial charge in [0.25, 0.3) is 0 Å². The molecular weight excluding hydrogens is 579 g/mol. The zero-order valence-corrected chi connectivity index (χ0v) is 26.8. The highest BCUT2D eigenvalue weighted by molar-refractivity contribution is 6.28. The molecule has 0 bridgehead atoms. The minimum Gasteiger partial charge on any atom is -0.309 e. The summed E-state index contributed by atoms with van der Waals surface area (Å²) in [6, 6.07) is 54.1. The summed E-state index contributed by atoms with van der Waals surface area (Å²) >= 11 is 0. The summed E-state index contributed by atoms with van der Waals surface area (Å²) in [6.45, 7) is 2.21. The molecule has 2 atom stereocenters. The number of aromatic nitrogens is 1. The van der Waals surface area contributed by atoms with Crippen molar-refractivity contribution in [3.8, 4) is 5.69 Å². The van der Waals surface area contributed by atoms with Crippen molar-refractivity contribution >= 4 is 48.9 Å². The van der Waals surface area contributed by atoms with E-state index in [1.807, 2.05) is 0 Å². The van der Waals surface area contributed by atoms with Crippen LogP contribution in [0.2, 0.25) is 0 Å². The molecule has 1 heterocycles. The molecule has 0 amide bonds. The molecule has 2 unspecified atom stereocenters. The number of allylic oxidation sites excluding steroid dienone is 5. The zero-order valence-electron chi connectivity index (χ0n) is 26.8. The second-order valence-corrected chi connectivity index (χ2v) is 13.3. The van der Waals surface area contributed by atoms with E-state index in [4.69, 9.17) is 0 Å². The Morgan fingerprint density at radius 1 is 0.562 bits per heavy atom. The van der Waals surface area contributed by atoms with Crippen molar-refractivity contribution in [1.29, 1.82) is 0 Å². The minimum atomic E-state index is 0.278. The Bertz CT molecular complexity index is 2570. The van der Waals surface area contributed by atoms with Gasteiger partial charge >= 0.3 is 0 Å². The van der Waals surface area contributed by atoms with Gasteiger partial charge < -0.3 is 4.57 Å². The van der Waals surface area contributed by atoms with Gasteiger partial charge in [0.1, 0.15) is 0 Å². The van der Waals surface area contributed by atoms with E-state index in [1.165, 1.54) is 88.0 Å². The molecule has 0 N–H and O–H groups in total. The SMILES string of the molecule is Cc1ccc2c(c1)C(c1ccccc1)C1C=CC=CC1=C2c1ccc(-n2c3ccc4ccccc4c3c3c4ccccc4ccc32)cc1. The van der Waals surface area contributed by atoms with Gasteiger partial charge in [-0.25, -0.2) is 0 Å². The Kier molecular flexibility index (Phi) is 5.98. The molecule has 2 aliphatic carbocycles. The van der Waals surface area contributed by atoms with E-state index in [0.717, 1.165) is 0 Å². The van der Waals surface area contributed by atoms with Gasteiger partial charge in [-0.05, 0) is 86.1 Å². The Labute approximate surface area is 280 Å². The molecule has 226 valence electrons. The lowest BCUT2D eigenvalue weighted by atomic mass is 9.66. The summed E-state index contributed by atoms with van der Waals surface area (Å²) < 4.78 is 2.46. The maximum atomic E-state index is 2.46. The van der Waals surface area contributed by atoms with Gasteiger partial charge in [-0.15, -0.1) is 0 Å². The highest BCUT2D eigenvalue weighted by Crippen LogP contribution is 2.50. The van der Waals surface area contributed by atoms with Crippen LogP contribution in [0.1, 0.15) is 33.7 Å². The van der Waals surface area contributed by atoms with Crippen LogP contribution in [0.4, 0.5) is 0 Å². The molecule has 8 aromatic rings. The molecule has 0 spiro atoms. The van der Waals surface area contributed by atoms with Crippen LogP contribution in [0.15, 0.2) is 175 Å². The second kappa shape index (κ2) is 10.6. The molecule has 1 nitrogen and oxygen atoms in total. The molecule has 7 aromatic carbocycles. The highest BCUT2D eigenvalue weighted by atomic mass is 15.0. The van der Waals surface area contributed by atoms with Crippen LogP contribution in [0.25, 0.3) is 54.6 Å². The Hall–Kier alpha value is -5.92. The molecule has 0 saturated heterocycles. The maximum absolute atomic E-state index is 2.46. The summed E-state index contributed by atoms with van der Waals surface area (Å²) in [5, 5.41) is 7.77. The predicted molar refractivity (Wildman–Crippen MR) is 203 cm³/mol. The van der Waals surface area contributed by atoms with Crippen molar-refractivity contribution in [2.45, 2.75) is 12.8 Å². The van der Waals surface area contributed by atoms with Crippen molar-refractivity contribution in [3.05, 3.63) is 203 Å². The summed E-state index contributed by atoms with van der Waals surface area (Å²) in [6.07, 6.45) is 9.17. The molecule has 0 radical (unpaired) electrons. The molecular formula is C47H33N. The summed E-state index contributed by atoms with van der Waals surface area (Å²) in [5.41, 5.74) is 13.1. The van der Waals surface area contributed by atoms with E-state index >= 15 is 0 Å². The van der Waals surface area contributed by atoms with E-state index in [-0.39, 0.29) is 11.8 Å². The maximum Gasteiger partial charge on any atom is 0.0547 e. The smallest absolute Gasteiger partial charge is 0.0547 e. The number of hydrogen-bond donors (Lipinski definition) is 0. The van der Waals surface area contributed by atoms with Crippen LogP contribution < -0.4 is 0 Å². The predicted octanol–water partition coefficient (Wildman–Crippen LogP) is 12.1. The Morgan fingerprint density at radius 3 is 1.90 bits per heavy atom. The van der Waals surface area contributed by atoms with Crippen LogP contribution in [-0.2, 0) is 0 Å². The fourth-order valence-electron chi connectivity index (χ4n) is 8.59. The van der Waals surface area contributed by atoms with E-state index in [1.54, 1.807) is 0 Å². The van der Waals surface area contributed by atoms with E-state index < -0.39 is 0 Å². The van der Waals surface area contributed by atoms with Crippen molar-refractivity contribution in [3.63, 3.8) is 0 Å². The first-order valence-corrected chi connectivity index (χ1v) is 16.9.